The Bertz CT molecular complexity index is 441. The number of rotatable bonds is 3. The van der Waals surface area contributed by atoms with Crippen molar-refractivity contribution in [3.8, 4) is 0 Å². The lowest BCUT2D eigenvalue weighted by atomic mass is 9.96. The molecule has 2 unspecified atom stereocenters. The first kappa shape index (κ1) is 12.3. The van der Waals surface area contributed by atoms with Crippen LogP contribution >= 0.6 is 15.9 Å². The second-order valence-corrected chi connectivity index (χ2v) is 5.21. The number of imide groups is 1. The number of carbonyl (C=O) groups is 2. The fraction of sp³-hybridized carbons (Fsp3) is 0.385. The monoisotopic (exact) mass is 295 g/mol. The molecule has 1 fully saturated rings. The minimum atomic E-state index is -0.452. The van der Waals surface area contributed by atoms with Crippen LogP contribution in [0, 0.1) is 0 Å². The molecule has 90 valence electrons. The second-order valence-electron chi connectivity index (χ2n) is 4.22. The summed E-state index contributed by atoms with van der Waals surface area (Å²) >= 11 is 3.26. The van der Waals surface area contributed by atoms with Gasteiger partial charge < -0.3 is 0 Å². The Balaban J connectivity index is 2.22. The van der Waals surface area contributed by atoms with Crippen molar-refractivity contribution in [1.82, 2.24) is 5.32 Å². The molecule has 3 nitrogen and oxygen atoms in total. The van der Waals surface area contributed by atoms with Gasteiger partial charge in [0.1, 0.15) is 4.83 Å². The van der Waals surface area contributed by atoms with Crippen LogP contribution in [0.3, 0.4) is 0 Å². The lowest BCUT2D eigenvalue weighted by Gasteiger charge is -2.10. The third kappa shape index (κ3) is 2.41. The molecule has 1 saturated heterocycles. The molecule has 2 amide bonds. The van der Waals surface area contributed by atoms with Crippen LogP contribution in [-0.4, -0.2) is 16.6 Å². The summed E-state index contributed by atoms with van der Waals surface area (Å²) in [4.78, 5) is 22.6. The Morgan fingerprint density at radius 3 is 2.29 bits per heavy atom. The Labute approximate surface area is 109 Å². The van der Waals surface area contributed by atoms with E-state index >= 15 is 0 Å². The number of alkyl halides is 1. The van der Waals surface area contributed by atoms with Crippen molar-refractivity contribution < 1.29 is 9.59 Å². The molecule has 0 aromatic heterocycles. The lowest BCUT2D eigenvalue weighted by Crippen LogP contribution is -2.22. The summed E-state index contributed by atoms with van der Waals surface area (Å²) in [6.45, 7) is 2.13. The van der Waals surface area contributed by atoms with Gasteiger partial charge in [0.25, 0.3) is 0 Å². The topological polar surface area (TPSA) is 46.2 Å². The number of hydrogen-bond acceptors (Lipinski definition) is 2. The van der Waals surface area contributed by atoms with E-state index in [0.717, 1.165) is 18.4 Å². The van der Waals surface area contributed by atoms with Crippen LogP contribution in [0.25, 0.3) is 0 Å². The molecule has 1 aromatic rings. The number of aryl methyl sites for hydroxylation is 1. The van der Waals surface area contributed by atoms with Crippen LogP contribution in [0.15, 0.2) is 24.3 Å². The summed E-state index contributed by atoms with van der Waals surface area (Å²) < 4.78 is 0. The number of halogens is 1. The molecule has 1 aliphatic heterocycles. The highest BCUT2D eigenvalue weighted by Crippen LogP contribution is 2.30. The third-order valence-electron chi connectivity index (χ3n) is 2.95. The van der Waals surface area contributed by atoms with Gasteiger partial charge in [-0.15, -0.1) is 0 Å². The molecule has 1 heterocycles. The van der Waals surface area contributed by atoms with E-state index in [9.17, 15) is 9.59 Å². The first-order valence-corrected chi connectivity index (χ1v) is 6.62. The van der Waals surface area contributed by atoms with Crippen LogP contribution in [-0.2, 0) is 16.0 Å². The van der Waals surface area contributed by atoms with Gasteiger partial charge in [-0.05, 0) is 17.5 Å². The summed E-state index contributed by atoms with van der Waals surface area (Å²) in [7, 11) is 0. The first-order valence-electron chi connectivity index (χ1n) is 5.71. The van der Waals surface area contributed by atoms with Crippen molar-refractivity contribution in [2.24, 2.45) is 0 Å². The maximum atomic E-state index is 11.6. The van der Waals surface area contributed by atoms with E-state index in [1.807, 2.05) is 24.3 Å². The molecule has 1 aromatic carbocycles. The highest BCUT2D eigenvalue weighted by molar-refractivity contribution is 9.10. The van der Waals surface area contributed by atoms with Gasteiger partial charge in [0.2, 0.25) is 11.8 Å². The SMILES string of the molecule is CCCc1ccc(C2C(=O)NC(=O)C2Br)cc1. The molecule has 2 rings (SSSR count). The Morgan fingerprint density at radius 1 is 1.18 bits per heavy atom. The van der Waals surface area contributed by atoms with E-state index in [1.54, 1.807) is 0 Å². The van der Waals surface area contributed by atoms with Crippen molar-refractivity contribution >= 4 is 27.7 Å². The van der Waals surface area contributed by atoms with E-state index < -0.39 is 10.7 Å². The van der Waals surface area contributed by atoms with Crippen molar-refractivity contribution in [3.05, 3.63) is 35.4 Å². The maximum Gasteiger partial charge on any atom is 0.241 e. The molecule has 4 heteroatoms. The fourth-order valence-electron chi connectivity index (χ4n) is 2.05. The van der Waals surface area contributed by atoms with E-state index in [1.165, 1.54) is 5.56 Å². The highest BCUT2D eigenvalue weighted by Gasteiger charge is 2.40. The van der Waals surface area contributed by atoms with E-state index in [2.05, 4.69) is 28.2 Å². The molecular formula is C13H14BrNO2. The summed E-state index contributed by atoms with van der Waals surface area (Å²) in [6.07, 6.45) is 2.14. The summed E-state index contributed by atoms with van der Waals surface area (Å²) in [5, 5.41) is 2.33. The van der Waals surface area contributed by atoms with Gasteiger partial charge in [0.15, 0.2) is 0 Å². The molecule has 0 aliphatic carbocycles. The zero-order valence-electron chi connectivity index (χ0n) is 9.57. The minimum absolute atomic E-state index is 0.222. The Kier molecular flexibility index (Phi) is 3.62. The van der Waals surface area contributed by atoms with Crippen molar-refractivity contribution in [3.63, 3.8) is 0 Å². The molecule has 17 heavy (non-hydrogen) atoms. The van der Waals surface area contributed by atoms with Crippen LogP contribution in [0.4, 0.5) is 0 Å². The number of nitrogens with one attached hydrogen (secondary N) is 1. The standard InChI is InChI=1S/C13H14BrNO2/c1-2-3-8-4-6-9(7-5-8)10-11(14)13(17)15-12(10)16/h4-7,10-11H,2-3H2,1H3,(H,15,16,17). The minimum Gasteiger partial charge on any atom is -0.295 e. The van der Waals surface area contributed by atoms with Crippen molar-refractivity contribution in [2.45, 2.75) is 30.5 Å². The molecule has 1 N–H and O–H groups in total. The molecule has 2 atom stereocenters. The first-order chi connectivity index (χ1) is 8.13. The predicted octanol–water partition coefficient (Wildman–Crippen LogP) is 2.14. The van der Waals surface area contributed by atoms with E-state index in [4.69, 9.17) is 0 Å². The van der Waals surface area contributed by atoms with Gasteiger partial charge in [0.05, 0.1) is 5.92 Å². The van der Waals surface area contributed by atoms with Gasteiger partial charge in [-0.1, -0.05) is 53.5 Å². The van der Waals surface area contributed by atoms with E-state index in [0.29, 0.717) is 0 Å². The van der Waals surface area contributed by atoms with Gasteiger partial charge in [-0.25, -0.2) is 0 Å². The summed E-state index contributed by atoms with van der Waals surface area (Å²) in [6, 6.07) is 7.91. The average molecular weight is 296 g/mol. The molecule has 0 saturated carbocycles. The highest BCUT2D eigenvalue weighted by atomic mass is 79.9. The largest absolute Gasteiger partial charge is 0.295 e. The van der Waals surface area contributed by atoms with E-state index in [-0.39, 0.29) is 11.8 Å². The quantitative estimate of drug-likeness (QED) is 0.686. The van der Waals surface area contributed by atoms with Gasteiger partial charge >= 0.3 is 0 Å². The zero-order valence-corrected chi connectivity index (χ0v) is 11.2. The summed E-state index contributed by atoms with van der Waals surface area (Å²) in [5.74, 6) is -0.879. The molecule has 0 spiro atoms. The molecule has 0 radical (unpaired) electrons. The second kappa shape index (κ2) is 5.00. The van der Waals surface area contributed by atoms with Crippen LogP contribution in [0.2, 0.25) is 0 Å². The summed E-state index contributed by atoms with van der Waals surface area (Å²) in [5.41, 5.74) is 2.14. The van der Waals surface area contributed by atoms with Crippen molar-refractivity contribution in [1.29, 1.82) is 0 Å². The lowest BCUT2D eigenvalue weighted by molar-refractivity contribution is -0.125. The van der Waals surface area contributed by atoms with Crippen LogP contribution in [0.5, 0.6) is 0 Å². The van der Waals surface area contributed by atoms with Gasteiger partial charge in [0, 0.05) is 0 Å². The van der Waals surface area contributed by atoms with Crippen LogP contribution < -0.4 is 5.32 Å². The third-order valence-corrected chi connectivity index (χ3v) is 3.89. The number of hydrogen-bond donors (Lipinski definition) is 1. The smallest absolute Gasteiger partial charge is 0.241 e. The fourth-order valence-corrected chi connectivity index (χ4v) is 2.71. The molecule has 1 aliphatic rings. The van der Waals surface area contributed by atoms with Gasteiger partial charge in [-0.3, -0.25) is 14.9 Å². The predicted molar refractivity (Wildman–Crippen MR) is 69.0 cm³/mol. The number of amides is 2. The maximum absolute atomic E-state index is 11.6. The average Bonchev–Trinajstić information content (AvgIpc) is 2.55. The van der Waals surface area contributed by atoms with Crippen LogP contribution in [0.1, 0.15) is 30.4 Å². The number of benzene rings is 1. The molecular weight excluding hydrogens is 282 g/mol. The van der Waals surface area contributed by atoms with Crippen molar-refractivity contribution in [2.75, 3.05) is 0 Å². The Morgan fingerprint density at radius 2 is 1.82 bits per heavy atom. The van der Waals surface area contributed by atoms with Gasteiger partial charge in [-0.2, -0.15) is 0 Å². The Hall–Kier alpha value is -1.16. The zero-order chi connectivity index (χ0) is 12.4. The number of carbonyl (C=O) groups excluding carboxylic acids is 2. The molecule has 0 bridgehead atoms. The normalized spacial score (nSPS) is 23.9.